The standard InChI is InChI=1S/C12H16N2O2/c13-8-9-3-1-4-10(7-9)14-12(15)11-5-2-6-16-11/h1,3-4,7,11H,2,5-6,8,13H2,(H,14,15)/t11-/m0/s1. The molecule has 3 N–H and O–H groups in total. The van der Waals surface area contributed by atoms with Gasteiger partial charge in [0.15, 0.2) is 0 Å². The van der Waals surface area contributed by atoms with Crippen LogP contribution in [-0.4, -0.2) is 18.6 Å². The number of nitrogens with two attached hydrogens (primary N) is 1. The third-order valence-corrected chi connectivity index (χ3v) is 2.65. The Bertz CT molecular complexity index is 373. The van der Waals surface area contributed by atoms with Crippen LogP contribution in [0.15, 0.2) is 24.3 Å². The summed E-state index contributed by atoms with van der Waals surface area (Å²) >= 11 is 0. The highest BCUT2D eigenvalue weighted by molar-refractivity contribution is 5.94. The van der Waals surface area contributed by atoms with E-state index >= 15 is 0 Å². The van der Waals surface area contributed by atoms with Gasteiger partial charge in [0.25, 0.3) is 5.91 Å². The topological polar surface area (TPSA) is 64.3 Å². The number of carbonyl (C=O) groups is 1. The summed E-state index contributed by atoms with van der Waals surface area (Å²) in [6.07, 6.45) is 1.48. The minimum Gasteiger partial charge on any atom is -0.368 e. The average Bonchev–Trinajstić information content (AvgIpc) is 2.83. The SMILES string of the molecule is NCc1cccc(NC(=O)[C@@H]2CCCO2)c1. The minimum atomic E-state index is -0.290. The number of hydrogen-bond donors (Lipinski definition) is 2. The molecule has 1 aliphatic rings. The summed E-state index contributed by atoms with van der Waals surface area (Å²) in [5, 5.41) is 2.84. The number of ether oxygens (including phenoxy) is 1. The minimum absolute atomic E-state index is 0.0633. The Morgan fingerprint density at radius 1 is 1.56 bits per heavy atom. The van der Waals surface area contributed by atoms with Crippen molar-refractivity contribution < 1.29 is 9.53 Å². The van der Waals surface area contributed by atoms with Gasteiger partial charge in [-0.25, -0.2) is 0 Å². The zero-order valence-electron chi connectivity index (χ0n) is 9.11. The molecule has 86 valence electrons. The lowest BCUT2D eigenvalue weighted by Crippen LogP contribution is -2.26. The highest BCUT2D eigenvalue weighted by atomic mass is 16.5. The first-order valence-electron chi connectivity index (χ1n) is 5.51. The van der Waals surface area contributed by atoms with Crippen molar-refractivity contribution in [1.82, 2.24) is 0 Å². The summed E-state index contributed by atoms with van der Waals surface area (Å²) in [4.78, 5) is 11.7. The first-order chi connectivity index (χ1) is 7.79. The Kier molecular flexibility index (Phi) is 3.54. The second-order valence-corrected chi connectivity index (χ2v) is 3.90. The Morgan fingerprint density at radius 3 is 3.12 bits per heavy atom. The van der Waals surface area contributed by atoms with Crippen LogP contribution in [0.5, 0.6) is 0 Å². The molecule has 1 aromatic rings. The lowest BCUT2D eigenvalue weighted by atomic mass is 10.2. The van der Waals surface area contributed by atoms with Crippen molar-refractivity contribution in [3.8, 4) is 0 Å². The van der Waals surface area contributed by atoms with E-state index in [1.807, 2.05) is 24.3 Å². The van der Waals surface area contributed by atoms with Gasteiger partial charge in [-0.15, -0.1) is 0 Å². The second kappa shape index (κ2) is 5.09. The van der Waals surface area contributed by atoms with E-state index < -0.39 is 0 Å². The number of rotatable bonds is 3. The predicted octanol–water partition coefficient (Wildman–Crippen LogP) is 1.26. The number of amides is 1. The maximum atomic E-state index is 11.7. The molecule has 0 spiro atoms. The number of hydrogen-bond acceptors (Lipinski definition) is 3. The van der Waals surface area contributed by atoms with Gasteiger partial charge in [-0.1, -0.05) is 12.1 Å². The van der Waals surface area contributed by atoms with Crippen molar-refractivity contribution in [2.45, 2.75) is 25.5 Å². The summed E-state index contributed by atoms with van der Waals surface area (Å²) in [6, 6.07) is 7.55. The molecule has 1 fully saturated rings. The summed E-state index contributed by atoms with van der Waals surface area (Å²) in [7, 11) is 0. The van der Waals surface area contributed by atoms with Gasteiger partial charge in [0.05, 0.1) is 0 Å². The van der Waals surface area contributed by atoms with Crippen LogP contribution < -0.4 is 11.1 Å². The van der Waals surface area contributed by atoms with Crippen molar-refractivity contribution in [2.75, 3.05) is 11.9 Å². The van der Waals surface area contributed by atoms with Crippen molar-refractivity contribution in [3.05, 3.63) is 29.8 Å². The van der Waals surface area contributed by atoms with E-state index in [1.165, 1.54) is 0 Å². The zero-order chi connectivity index (χ0) is 11.4. The molecule has 0 saturated carbocycles. The third kappa shape index (κ3) is 2.59. The van der Waals surface area contributed by atoms with Crippen LogP contribution in [-0.2, 0) is 16.1 Å². The van der Waals surface area contributed by atoms with Crippen LogP contribution in [0, 0.1) is 0 Å². The molecule has 1 amide bonds. The quantitative estimate of drug-likeness (QED) is 0.806. The molecule has 2 rings (SSSR count). The maximum Gasteiger partial charge on any atom is 0.253 e. The summed E-state index contributed by atoms with van der Waals surface area (Å²) in [5.41, 5.74) is 7.32. The maximum absolute atomic E-state index is 11.7. The summed E-state index contributed by atoms with van der Waals surface area (Å²) in [5.74, 6) is -0.0633. The third-order valence-electron chi connectivity index (χ3n) is 2.65. The highest BCUT2D eigenvalue weighted by Crippen LogP contribution is 2.16. The van der Waals surface area contributed by atoms with Crippen molar-refractivity contribution >= 4 is 11.6 Å². The normalized spacial score (nSPS) is 19.7. The predicted molar refractivity (Wildman–Crippen MR) is 61.9 cm³/mol. The Morgan fingerprint density at radius 2 is 2.44 bits per heavy atom. The van der Waals surface area contributed by atoms with Gasteiger partial charge < -0.3 is 15.8 Å². The van der Waals surface area contributed by atoms with E-state index in [1.54, 1.807) is 0 Å². The number of nitrogens with one attached hydrogen (secondary N) is 1. The number of anilines is 1. The van der Waals surface area contributed by atoms with Crippen LogP contribution in [0.1, 0.15) is 18.4 Å². The molecule has 1 aromatic carbocycles. The van der Waals surface area contributed by atoms with Gasteiger partial charge in [-0.2, -0.15) is 0 Å². The molecule has 1 aliphatic heterocycles. The molecule has 1 saturated heterocycles. The first-order valence-corrected chi connectivity index (χ1v) is 5.51. The van der Waals surface area contributed by atoms with Crippen LogP contribution in [0.4, 0.5) is 5.69 Å². The highest BCUT2D eigenvalue weighted by Gasteiger charge is 2.23. The lowest BCUT2D eigenvalue weighted by Gasteiger charge is -2.10. The summed E-state index contributed by atoms with van der Waals surface area (Å²) in [6.45, 7) is 1.16. The molecule has 0 radical (unpaired) electrons. The number of benzene rings is 1. The summed E-state index contributed by atoms with van der Waals surface area (Å²) < 4.78 is 5.31. The monoisotopic (exact) mass is 220 g/mol. The van der Waals surface area contributed by atoms with Gasteiger partial charge in [0, 0.05) is 18.8 Å². The molecular formula is C12H16N2O2. The van der Waals surface area contributed by atoms with Crippen molar-refractivity contribution in [1.29, 1.82) is 0 Å². The van der Waals surface area contributed by atoms with Crippen LogP contribution in [0.3, 0.4) is 0 Å². The van der Waals surface area contributed by atoms with Crippen molar-refractivity contribution in [3.63, 3.8) is 0 Å². The van der Waals surface area contributed by atoms with E-state index in [-0.39, 0.29) is 12.0 Å². The average molecular weight is 220 g/mol. The van der Waals surface area contributed by atoms with E-state index in [2.05, 4.69) is 5.32 Å². The molecule has 4 heteroatoms. The Labute approximate surface area is 94.8 Å². The largest absolute Gasteiger partial charge is 0.368 e. The molecule has 0 aromatic heterocycles. The fourth-order valence-corrected chi connectivity index (χ4v) is 1.78. The van der Waals surface area contributed by atoms with Gasteiger partial charge in [0.2, 0.25) is 0 Å². The van der Waals surface area contributed by atoms with E-state index in [0.29, 0.717) is 13.2 Å². The van der Waals surface area contributed by atoms with Gasteiger partial charge in [0.1, 0.15) is 6.10 Å². The second-order valence-electron chi connectivity index (χ2n) is 3.90. The molecule has 0 aliphatic carbocycles. The number of carbonyl (C=O) groups excluding carboxylic acids is 1. The first kappa shape index (κ1) is 11.1. The van der Waals surface area contributed by atoms with Gasteiger partial charge in [-0.05, 0) is 30.5 Å². The molecule has 0 unspecified atom stereocenters. The van der Waals surface area contributed by atoms with Crippen LogP contribution in [0.2, 0.25) is 0 Å². The van der Waals surface area contributed by atoms with E-state index in [4.69, 9.17) is 10.5 Å². The molecule has 1 atom stereocenters. The van der Waals surface area contributed by atoms with Crippen LogP contribution in [0.25, 0.3) is 0 Å². The van der Waals surface area contributed by atoms with Crippen molar-refractivity contribution in [2.24, 2.45) is 5.73 Å². The molecular weight excluding hydrogens is 204 g/mol. The zero-order valence-corrected chi connectivity index (χ0v) is 9.11. The fraction of sp³-hybridized carbons (Fsp3) is 0.417. The smallest absolute Gasteiger partial charge is 0.253 e. The fourth-order valence-electron chi connectivity index (χ4n) is 1.78. The van der Waals surface area contributed by atoms with Gasteiger partial charge in [-0.3, -0.25) is 4.79 Å². The molecule has 16 heavy (non-hydrogen) atoms. The molecule has 0 bridgehead atoms. The Hall–Kier alpha value is -1.39. The molecule has 4 nitrogen and oxygen atoms in total. The van der Waals surface area contributed by atoms with E-state index in [9.17, 15) is 4.79 Å². The lowest BCUT2D eigenvalue weighted by molar-refractivity contribution is -0.124. The Balaban J connectivity index is 1.99. The van der Waals surface area contributed by atoms with E-state index in [0.717, 1.165) is 24.1 Å². The van der Waals surface area contributed by atoms with Gasteiger partial charge >= 0.3 is 0 Å². The van der Waals surface area contributed by atoms with Crippen LogP contribution >= 0.6 is 0 Å². The molecule has 1 heterocycles.